The molecule has 0 aromatic heterocycles. The van der Waals surface area contributed by atoms with Crippen LogP contribution in [0.15, 0.2) is 42.5 Å². The summed E-state index contributed by atoms with van der Waals surface area (Å²) in [6.07, 6.45) is 1.18. The molecule has 1 amide bonds. The van der Waals surface area contributed by atoms with Gasteiger partial charge in [-0.2, -0.15) is 0 Å². The average Bonchev–Trinajstić information content (AvgIpc) is 3.16. The Kier molecular flexibility index (Phi) is 6.16. The van der Waals surface area contributed by atoms with Gasteiger partial charge in [0.05, 0.1) is 26.3 Å². The fourth-order valence-electron chi connectivity index (χ4n) is 3.42. The van der Waals surface area contributed by atoms with E-state index in [9.17, 15) is 9.18 Å². The van der Waals surface area contributed by atoms with E-state index in [0.29, 0.717) is 29.6 Å². The van der Waals surface area contributed by atoms with Crippen molar-refractivity contribution in [2.45, 2.75) is 12.8 Å². The first kappa shape index (κ1) is 19.0. The number of halogens is 1. The number of hydrogen-bond donors (Lipinski definition) is 1. The third kappa shape index (κ3) is 4.70. The Morgan fingerprint density at radius 1 is 1.22 bits per heavy atom. The first-order valence-corrected chi connectivity index (χ1v) is 9.07. The number of para-hydroxylation sites is 1. The van der Waals surface area contributed by atoms with Crippen molar-refractivity contribution in [3.63, 3.8) is 0 Å². The smallest absolute Gasteiger partial charge is 0.224 e. The van der Waals surface area contributed by atoms with Gasteiger partial charge in [0.25, 0.3) is 0 Å². The quantitative estimate of drug-likeness (QED) is 0.812. The van der Waals surface area contributed by atoms with Gasteiger partial charge in [-0.15, -0.1) is 0 Å². The number of rotatable bonds is 7. The van der Waals surface area contributed by atoms with Crippen LogP contribution in [0.2, 0.25) is 0 Å². The normalized spacial score (nSPS) is 16.3. The topological polar surface area (TPSA) is 50.8 Å². The number of benzene rings is 2. The van der Waals surface area contributed by atoms with Crippen LogP contribution in [0.3, 0.4) is 0 Å². The monoisotopic (exact) mass is 372 g/mol. The maximum atomic E-state index is 13.9. The predicted molar refractivity (Wildman–Crippen MR) is 103 cm³/mol. The van der Waals surface area contributed by atoms with Crippen LogP contribution in [-0.4, -0.2) is 39.8 Å². The summed E-state index contributed by atoms with van der Waals surface area (Å²) in [7, 11) is 3.17. The Morgan fingerprint density at radius 3 is 2.78 bits per heavy atom. The second-order valence-electron chi connectivity index (χ2n) is 6.71. The Hall–Kier alpha value is -2.76. The number of anilines is 1. The van der Waals surface area contributed by atoms with E-state index in [1.807, 2.05) is 23.1 Å². The predicted octanol–water partition coefficient (Wildman–Crippen LogP) is 3.03. The van der Waals surface area contributed by atoms with Gasteiger partial charge in [-0.25, -0.2) is 4.39 Å². The van der Waals surface area contributed by atoms with Gasteiger partial charge in [-0.1, -0.05) is 18.2 Å². The molecule has 27 heavy (non-hydrogen) atoms. The van der Waals surface area contributed by atoms with Gasteiger partial charge in [-0.05, 0) is 30.5 Å². The first-order valence-electron chi connectivity index (χ1n) is 9.07. The minimum atomic E-state index is -0.200. The summed E-state index contributed by atoms with van der Waals surface area (Å²) in [4.78, 5) is 14.4. The van der Waals surface area contributed by atoms with Gasteiger partial charge in [-0.3, -0.25) is 4.79 Å². The number of nitrogens with zero attached hydrogens (tertiary/aromatic N) is 1. The van der Waals surface area contributed by atoms with Gasteiger partial charge in [0, 0.05) is 31.3 Å². The number of ether oxygens (including phenoxy) is 2. The summed E-state index contributed by atoms with van der Waals surface area (Å²) in [5, 5.41) is 2.99. The largest absolute Gasteiger partial charge is 0.497 e. The summed E-state index contributed by atoms with van der Waals surface area (Å²) in [6.45, 7) is 2.13. The molecule has 1 N–H and O–H groups in total. The zero-order valence-corrected chi connectivity index (χ0v) is 15.7. The van der Waals surface area contributed by atoms with Crippen molar-refractivity contribution in [2.75, 3.05) is 38.8 Å². The van der Waals surface area contributed by atoms with Crippen molar-refractivity contribution in [3.05, 3.63) is 53.8 Å². The SMILES string of the molecule is COc1ccc(CC(=O)NCC2CCN(c3ccccc3F)C2)c(OC)c1. The second kappa shape index (κ2) is 8.75. The lowest BCUT2D eigenvalue weighted by Gasteiger charge is -2.19. The van der Waals surface area contributed by atoms with Crippen LogP contribution in [0.25, 0.3) is 0 Å². The lowest BCUT2D eigenvalue weighted by Crippen LogP contribution is -2.32. The third-order valence-corrected chi connectivity index (χ3v) is 4.91. The van der Waals surface area contributed by atoms with E-state index >= 15 is 0 Å². The molecule has 3 rings (SSSR count). The van der Waals surface area contributed by atoms with E-state index in [-0.39, 0.29) is 18.1 Å². The van der Waals surface area contributed by atoms with Crippen LogP contribution in [0.5, 0.6) is 11.5 Å². The zero-order chi connectivity index (χ0) is 19.2. The van der Waals surface area contributed by atoms with Crippen molar-refractivity contribution in [2.24, 2.45) is 5.92 Å². The molecule has 0 saturated carbocycles. The van der Waals surface area contributed by atoms with E-state index in [0.717, 1.165) is 25.1 Å². The van der Waals surface area contributed by atoms with Crippen molar-refractivity contribution in [1.82, 2.24) is 5.32 Å². The molecule has 1 atom stereocenters. The van der Waals surface area contributed by atoms with E-state index in [2.05, 4.69) is 5.32 Å². The minimum Gasteiger partial charge on any atom is -0.497 e. The number of carbonyl (C=O) groups is 1. The van der Waals surface area contributed by atoms with Crippen LogP contribution < -0.4 is 19.7 Å². The van der Waals surface area contributed by atoms with Gasteiger partial charge in [0.2, 0.25) is 5.91 Å². The molecule has 2 aromatic carbocycles. The molecule has 1 saturated heterocycles. The van der Waals surface area contributed by atoms with Gasteiger partial charge >= 0.3 is 0 Å². The Bertz CT molecular complexity index is 797. The summed E-state index contributed by atoms with van der Waals surface area (Å²) in [5.41, 5.74) is 1.45. The molecule has 0 spiro atoms. The van der Waals surface area contributed by atoms with E-state index in [4.69, 9.17) is 9.47 Å². The van der Waals surface area contributed by atoms with E-state index in [1.165, 1.54) is 6.07 Å². The molecule has 0 bridgehead atoms. The van der Waals surface area contributed by atoms with Crippen LogP contribution in [-0.2, 0) is 11.2 Å². The fourth-order valence-corrected chi connectivity index (χ4v) is 3.42. The summed E-state index contributed by atoms with van der Waals surface area (Å²) < 4.78 is 24.4. The van der Waals surface area contributed by atoms with E-state index in [1.54, 1.807) is 32.4 Å². The molecule has 1 aliphatic rings. The lowest BCUT2D eigenvalue weighted by atomic mass is 10.1. The third-order valence-electron chi connectivity index (χ3n) is 4.91. The molecule has 5 nitrogen and oxygen atoms in total. The summed E-state index contributed by atoms with van der Waals surface area (Å²) in [6, 6.07) is 12.2. The molecule has 2 aromatic rings. The van der Waals surface area contributed by atoms with Gasteiger partial charge in [0.1, 0.15) is 17.3 Å². The number of amides is 1. The zero-order valence-electron chi connectivity index (χ0n) is 15.7. The van der Waals surface area contributed by atoms with Crippen molar-refractivity contribution in [3.8, 4) is 11.5 Å². The number of hydrogen-bond acceptors (Lipinski definition) is 4. The highest BCUT2D eigenvalue weighted by Gasteiger charge is 2.24. The number of carbonyl (C=O) groups excluding carboxylic acids is 1. The van der Waals surface area contributed by atoms with Crippen LogP contribution in [0, 0.1) is 11.7 Å². The van der Waals surface area contributed by atoms with E-state index < -0.39 is 0 Å². The summed E-state index contributed by atoms with van der Waals surface area (Å²) in [5.74, 6) is 1.38. The average molecular weight is 372 g/mol. The molecule has 0 aliphatic carbocycles. The Balaban J connectivity index is 1.51. The first-order chi connectivity index (χ1) is 13.1. The molecular formula is C21H25FN2O3. The molecule has 0 radical (unpaired) electrons. The molecular weight excluding hydrogens is 347 g/mol. The van der Waals surface area contributed by atoms with Gasteiger partial charge < -0.3 is 19.7 Å². The van der Waals surface area contributed by atoms with Crippen molar-refractivity contribution < 1.29 is 18.7 Å². The molecule has 1 fully saturated rings. The van der Waals surface area contributed by atoms with Crippen LogP contribution in [0.1, 0.15) is 12.0 Å². The highest BCUT2D eigenvalue weighted by Crippen LogP contribution is 2.26. The Morgan fingerprint density at radius 2 is 2.04 bits per heavy atom. The van der Waals surface area contributed by atoms with Crippen LogP contribution in [0.4, 0.5) is 10.1 Å². The lowest BCUT2D eigenvalue weighted by molar-refractivity contribution is -0.120. The minimum absolute atomic E-state index is 0.0530. The summed E-state index contributed by atoms with van der Waals surface area (Å²) >= 11 is 0. The standard InChI is InChI=1S/C21H25FN2O3/c1-26-17-8-7-16(20(12-17)27-2)11-21(25)23-13-15-9-10-24(14-15)19-6-4-3-5-18(19)22/h3-8,12,15H,9-11,13-14H2,1-2H3,(H,23,25). The highest BCUT2D eigenvalue weighted by atomic mass is 19.1. The Labute approximate surface area is 159 Å². The molecule has 6 heteroatoms. The van der Waals surface area contributed by atoms with Crippen LogP contribution >= 0.6 is 0 Å². The second-order valence-corrected chi connectivity index (χ2v) is 6.71. The van der Waals surface area contributed by atoms with Crippen molar-refractivity contribution in [1.29, 1.82) is 0 Å². The van der Waals surface area contributed by atoms with Crippen molar-refractivity contribution >= 4 is 11.6 Å². The molecule has 1 heterocycles. The highest BCUT2D eigenvalue weighted by molar-refractivity contribution is 5.79. The molecule has 1 unspecified atom stereocenters. The maximum Gasteiger partial charge on any atom is 0.224 e. The molecule has 1 aliphatic heterocycles. The number of methoxy groups -OCH3 is 2. The molecule has 144 valence electrons. The fraction of sp³-hybridized carbons (Fsp3) is 0.381. The number of nitrogens with one attached hydrogen (secondary N) is 1. The maximum absolute atomic E-state index is 13.9. The van der Waals surface area contributed by atoms with Gasteiger partial charge in [0.15, 0.2) is 0 Å².